The van der Waals surface area contributed by atoms with Crippen molar-refractivity contribution >= 4 is 23.4 Å². The van der Waals surface area contributed by atoms with E-state index in [2.05, 4.69) is 10.6 Å². The van der Waals surface area contributed by atoms with Gasteiger partial charge in [-0.15, -0.1) is 0 Å². The highest BCUT2D eigenvalue weighted by molar-refractivity contribution is 6.40. The van der Waals surface area contributed by atoms with Crippen LogP contribution in [0.3, 0.4) is 0 Å². The van der Waals surface area contributed by atoms with Crippen molar-refractivity contribution in [3.63, 3.8) is 0 Å². The quantitative estimate of drug-likeness (QED) is 0.711. The minimum atomic E-state index is -0.764. The van der Waals surface area contributed by atoms with Crippen LogP contribution >= 0.6 is 0 Å². The standard InChI is InChI=1S/C21H27N3O3/c1-12(21-9-13-6-14(10-21)8-15(7-13)11-21)23-19(26)20(27)24-17-5-3-2-4-16(17)18(22)25/h2-5,12-15H,6-11H2,1H3,(H2,22,25)(H,23,26)(H,24,27). The number of carbonyl (C=O) groups is 3. The molecule has 5 rings (SSSR count). The van der Waals surface area contributed by atoms with Crippen LogP contribution in [0.2, 0.25) is 0 Å². The van der Waals surface area contributed by atoms with E-state index in [-0.39, 0.29) is 22.7 Å². The lowest BCUT2D eigenvalue weighted by atomic mass is 9.48. The normalized spacial score (nSPS) is 32.0. The molecule has 0 heterocycles. The van der Waals surface area contributed by atoms with Gasteiger partial charge in [0.05, 0.1) is 11.3 Å². The summed E-state index contributed by atoms with van der Waals surface area (Å²) in [6.45, 7) is 2.04. The van der Waals surface area contributed by atoms with Crippen molar-refractivity contribution in [3.05, 3.63) is 29.8 Å². The fourth-order valence-corrected chi connectivity index (χ4v) is 6.11. The van der Waals surface area contributed by atoms with Crippen molar-refractivity contribution in [2.45, 2.75) is 51.5 Å². The van der Waals surface area contributed by atoms with Crippen molar-refractivity contribution in [2.24, 2.45) is 28.9 Å². The molecular weight excluding hydrogens is 342 g/mol. The SMILES string of the molecule is CC(NC(=O)C(=O)Nc1ccccc1C(N)=O)C12CC3CC(CC(C3)C1)C2. The Morgan fingerprint density at radius 1 is 1.00 bits per heavy atom. The summed E-state index contributed by atoms with van der Waals surface area (Å²) < 4.78 is 0. The van der Waals surface area contributed by atoms with E-state index >= 15 is 0 Å². The monoisotopic (exact) mass is 369 g/mol. The maximum absolute atomic E-state index is 12.5. The van der Waals surface area contributed by atoms with E-state index in [9.17, 15) is 14.4 Å². The van der Waals surface area contributed by atoms with Crippen LogP contribution in [0.25, 0.3) is 0 Å². The summed E-state index contributed by atoms with van der Waals surface area (Å²) in [7, 11) is 0. The predicted octanol–water partition coefficient (Wildman–Crippen LogP) is 2.45. The molecule has 4 saturated carbocycles. The third-order valence-corrected chi connectivity index (χ3v) is 7.00. The Kier molecular flexibility index (Phi) is 4.44. The van der Waals surface area contributed by atoms with E-state index in [4.69, 9.17) is 5.73 Å². The molecule has 27 heavy (non-hydrogen) atoms. The number of benzene rings is 1. The second kappa shape index (κ2) is 6.66. The van der Waals surface area contributed by atoms with Gasteiger partial charge in [0.15, 0.2) is 0 Å². The van der Waals surface area contributed by atoms with Gasteiger partial charge in [-0.25, -0.2) is 0 Å². The van der Waals surface area contributed by atoms with Gasteiger partial charge in [0.25, 0.3) is 5.91 Å². The summed E-state index contributed by atoms with van der Waals surface area (Å²) in [5, 5.41) is 5.46. The number of anilines is 1. The number of rotatable bonds is 4. The fourth-order valence-electron chi connectivity index (χ4n) is 6.11. The zero-order valence-corrected chi connectivity index (χ0v) is 15.7. The molecule has 1 atom stereocenters. The molecule has 0 aromatic heterocycles. The van der Waals surface area contributed by atoms with Crippen LogP contribution in [0.4, 0.5) is 5.69 Å². The Hall–Kier alpha value is -2.37. The average Bonchev–Trinajstić information content (AvgIpc) is 2.60. The van der Waals surface area contributed by atoms with Crippen molar-refractivity contribution < 1.29 is 14.4 Å². The van der Waals surface area contributed by atoms with Gasteiger partial charge >= 0.3 is 11.8 Å². The van der Waals surface area contributed by atoms with E-state index in [1.807, 2.05) is 6.92 Å². The van der Waals surface area contributed by atoms with Gasteiger partial charge in [-0.05, 0) is 80.8 Å². The molecule has 0 spiro atoms. The number of nitrogens with two attached hydrogens (primary N) is 1. The van der Waals surface area contributed by atoms with Gasteiger partial charge in [-0.1, -0.05) is 12.1 Å². The lowest BCUT2D eigenvalue weighted by molar-refractivity contribution is -0.138. The third-order valence-electron chi connectivity index (χ3n) is 7.00. The first-order valence-electron chi connectivity index (χ1n) is 9.87. The van der Waals surface area contributed by atoms with E-state index < -0.39 is 17.7 Å². The minimum Gasteiger partial charge on any atom is -0.366 e. The lowest BCUT2D eigenvalue weighted by Gasteiger charge is -2.59. The minimum absolute atomic E-state index is 0.0319. The first-order valence-corrected chi connectivity index (χ1v) is 9.87. The summed E-state index contributed by atoms with van der Waals surface area (Å²) >= 11 is 0. The Morgan fingerprint density at radius 3 is 2.11 bits per heavy atom. The van der Waals surface area contributed by atoms with Gasteiger partial charge in [0.1, 0.15) is 0 Å². The number of nitrogens with one attached hydrogen (secondary N) is 2. The molecule has 4 bridgehead atoms. The topological polar surface area (TPSA) is 101 Å². The first kappa shape index (κ1) is 18.0. The summed E-state index contributed by atoms with van der Waals surface area (Å²) in [5.41, 5.74) is 5.91. The van der Waals surface area contributed by atoms with Gasteiger partial charge in [-0.3, -0.25) is 14.4 Å². The Morgan fingerprint density at radius 2 is 1.56 bits per heavy atom. The van der Waals surface area contributed by atoms with E-state index in [0.717, 1.165) is 37.0 Å². The van der Waals surface area contributed by atoms with Crippen molar-refractivity contribution in [1.82, 2.24) is 5.32 Å². The van der Waals surface area contributed by atoms with Crippen LogP contribution in [-0.4, -0.2) is 23.8 Å². The summed E-state index contributed by atoms with van der Waals surface area (Å²) in [6, 6.07) is 6.39. The molecule has 6 heteroatoms. The van der Waals surface area contributed by atoms with Crippen LogP contribution in [0, 0.1) is 23.2 Å². The largest absolute Gasteiger partial charge is 0.366 e. The highest BCUT2D eigenvalue weighted by Gasteiger charge is 2.53. The van der Waals surface area contributed by atoms with Gasteiger partial charge in [0.2, 0.25) is 0 Å². The highest BCUT2D eigenvalue weighted by atomic mass is 16.2. The van der Waals surface area contributed by atoms with Gasteiger partial charge in [0, 0.05) is 6.04 Å². The maximum atomic E-state index is 12.5. The molecular formula is C21H27N3O3. The van der Waals surface area contributed by atoms with Crippen molar-refractivity contribution in [2.75, 3.05) is 5.32 Å². The Balaban J connectivity index is 1.42. The highest BCUT2D eigenvalue weighted by Crippen LogP contribution is 2.61. The lowest BCUT2D eigenvalue weighted by Crippen LogP contribution is -2.57. The number of hydrogen-bond acceptors (Lipinski definition) is 3. The molecule has 1 unspecified atom stereocenters. The summed E-state index contributed by atoms with van der Waals surface area (Å²) in [5.74, 6) is 0.289. The summed E-state index contributed by atoms with van der Waals surface area (Å²) in [4.78, 5) is 36.3. The maximum Gasteiger partial charge on any atom is 0.313 e. The molecule has 0 saturated heterocycles. The first-order chi connectivity index (χ1) is 12.9. The number of carbonyl (C=O) groups excluding carboxylic acids is 3. The molecule has 0 aliphatic heterocycles. The molecule has 0 radical (unpaired) electrons. The van der Waals surface area contributed by atoms with Crippen LogP contribution in [-0.2, 0) is 9.59 Å². The molecule has 6 nitrogen and oxygen atoms in total. The molecule has 4 fully saturated rings. The van der Waals surface area contributed by atoms with Crippen molar-refractivity contribution in [1.29, 1.82) is 0 Å². The molecule has 4 aliphatic carbocycles. The fraction of sp³-hybridized carbons (Fsp3) is 0.571. The Bertz CT molecular complexity index is 753. The second-order valence-electron chi connectivity index (χ2n) is 8.84. The molecule has 4 aliphatic rings. The van der Waals surface area contributed by atoms with Crippen LogP contribution in [0.5, 0.6) is 0 Å². The van der Waals surface area contributed by atoms with Gasteiger partial charge in [-0.2, -0.15) is 0 Å². The zero-order valence-electron chi connectivity index (χ0n) is 15.7. The van der Waals surface area contributed by atoms with Crippen molar-refractivity contribution in [3.8, 4) is 0 Å². The second-order valence-corrected chi connectivity index (χ2v) is 8.84. The molecule has 1 aromatic carbocycles. The number of hydrogen-bond donors (Lipinski definition) is 3. The van der Waals surface area contributed by atoms with E-state index in [0.29, 0.717) is 0 Å². The zero-order chi connectivity index (χ0) is 19.2. The van der Waals surface area contributed by atoms with Crippen LogP contribution in [0.15, 0.2) is 24.3 Å². The number of para-hydroxylation sites is 1. The van der Waals surface area contributed by atoms with E-state index in [1.54, 1.807) is 18.2 Å². The number of primary amides is 1. The van der Waals surface area contributed by atoms with Crippen LogP contribution < -0.4 is 16.4 Å². The molecule has 1 aromatic rings. The molecule has 4 N–H and O–H groups in total. The van der Waals surface area contributed by atoms with Gasteiger partial charge < -0.3 is 16.4 Å². The number of amides is 3. The smallest absolute Gasteiger partial charge is 0.313 e. The van der Waals surface area contributed by atoms with E-state index in [1.165, 1.54) is 25.3 Å². The Labute approximate surface area is 159 Å². The summed E-state index contributed by atoms with van der Waals surface area (Å²) in [6.07, 6.45) is 7.49. The average molecular weight is 369 g/mol. The third kappa shape index (κ3) is 3.33. The molecule has 144 valence electrons. The predicted molar refractivity (Wildman–Crippen MR) is 102 cm³/mol. The van der Waals surface area contributed by atoms with Crippen LogP contribution in [0.1, 0.15) is 55.8 Å². The molecule has 3 amide bonds.